The number of aromatic nitrogens is 2. The minimum Gasteiger partial charge on any atom is -0.343 e. The Labute approximate surface area is 180 Å². The highest BCUT2D eigenvalue weighted by Crippen LogP contribution is 2.40. The van der Waals surface area contributed by atoms with Crippen LogP contribution >= 0.6 is 11.6 Å². The molecule has 2 aromatic heterocycles. The number of hydrogen-bond donors (Lipinski definition) is 0. The Kier molecular flexibility index (Phi) is 4.07. The van der Waals surface area contributed by atoms with Gasteiger partial charge < -0.3 is 9.13 Å². The summed E-state index contributed by atoms with van der Waals surface area (Å²) >= 11 is 7.09. The third-order valence-corrected chi connectivity index (χ3v) is 6.47. The predicted octanol–water partition coefficient (Wildman–Crippen LogP) is 7.67. The number of nitrogens with zero attached hydrogens (tertiary/aromatic N) is 2. The molecule has 0 spiro atoms. The maximum Gasteiger partial charge on any atom is 0.0746 e. The molecule has 146 valence electrons. The first kappa shape index (κ1) is 17.6. The van der Waals surface area contributed by atoms with Crippen LogP contribution in [0.5, 0.6) is 0 Å². The molecule has 30 heavy (non-hydrogen) atoms. The van der Waals surface area contributed by atoms with Crippen LogP contribution in [0.15, 0.2) is 96.7 Å². The third-order valence-electron chi connectivity index (χ3n) is 6.08. The number of rotatable bonds is 3. The van der Waals surface area contributed by atoms with E-state index in [2.05, 4.69) is 94.2 Å². The molecule has 0 atom stereocenters. The second-order valence-corrected chi connectivity index (χ2v) is 8.29. The van der Waals surface area contributed by atoms with Crippen LogP contribution in [-0.4, -0.2) is 9.13 Å². The SMILES string of the molecule is Clc1c2ccn(CC3=CCCC=C3)c2cc2c3ccccc3n(-c3ccccc3)c12. The Morgan fingerprint density at radius 1 is 0.800 bits per heavy atom. The van der Waals surface area contributed by atoms with Crippen molar-refractivity contribution in [3.63, 3.8) is 0 Å². The number of fused-ring (bicyclic) bond motifs is 4. The van der Waals surface area contributed by atoms with Gasteiger partial charge in [-0.15, -0.1) is 0 Å². The topological polar surface area (TPSA) is 9.86 Å². The van der Waals surface area contributed by atoms with Crippen molar-refractivity contribution < 1.29 is 0 Å². The molecule has 0 saturated heterocycles. The van der Waals surface area contributed by atoms with Crippen molar-refractivity contribution in [2.45, 2.75) is 19.4 Å². The van der Waals surface area contributed by atoms with Gasteiger partial charge in [0, 0.05) is 34.6 Å². The molecule has 2 heterocycles. The number of para-hydroxylation sites is 2. The van der Waals surface area contributed by atoms with Crippen LogP contribution in [0, 0.1) is 0 Å². The van der Waals surface area contributed by atoms with E-state index < -0.39 is 0 Å². The standard InChI is InChI=1S/C27H21ClN2/c28-26-22-15-16-29(18-19-9-3-1-4-10-19)25(22)17-23-21-13-7-8-14-24(21)30(27(23)26)20-11-5-2-6-12-20/h2-3,5-17H,1,4,18H2. The summed E-state index contributed by atoms with van der Waals surface area (Å²) in [6.07, 6.45) is 11.3. The molecule has 0 bridgehead atoms. The van der Waals surface area contributed by atoms with Crippen molar-refractivity contribution in [3.05, 3.63) is 102 Å². The third kappa shape index (κ3) is 2.64. The van der Waals surface area contributed by atoms with Crippen LogP contribution < -0.4 is 0 Å². The van der Waals surface area contributed by atoms with Gasteiger partial charge in [-0.25, -0.2) is 0 Å². The largest absolute Gasteiger partial charge is 0.343 e. The zero-order valence-corrected chi connectivity index (χ0v) is 17.3. The Hall–Kier alpha value is -3.23. The summed E-state index contributed by atoms with van der Waals surface area (Å²) in [6, 6.07) is 23.5. The molecular formula is C27H21ClN2. The quantitative estimate of drug-likeness (QED) is 0.290. The molecule has 0 unspecified atom stereocenters. The summed E-state index contributed by atoms with van der Waals surface area (Å²) in [7, 11) is 0. The van der Waals surface area contributed by atoms with Crippen LogP contribution in [0.1, 0.15) is 12.8 Å². The summed E-state index contributed by atoms with van der Waals surface area (Å²) in [5.41, 5.74) is 5.93. The van der Waals surface area contributed by atoms with Crippen molar-refractivity contribution in [1.82, 2.24) is 9.13 Å². The predicted molar refractivity (Wildman–Crippen MR) is 128 cm³/mol. The lowest BCUT2D eigenvalue weighted by Gasteiger charge is -2.11. The maximum atomic E-state index is 7.09. The molecule has 2 nitrogen and oxygen atoms in total. The fraction of sp³-hybridized carbons (Fsp3) is 0.111. The number of halogens is 1. The van der Waals surface area contributed by atoms with Gasteiger partial charge in [0.2, 0.25) is 0 Å². The Morgan fingerprint density at radius 2 is 1.63 bits per heavy atom. The molecule has 3 heteroatoms. The molecule has 0 radical (unpaired) electrons. The van der Waals surface area contributed by atoms with Gasteiger partial charge in [0.1, 0.15) is 0 Å². The summed E-state index contributed by atoms with van der Waals surface area (Å²) in [4.78, 5) is 0. The summed E-state index contributed by atoms with van der Waals surface area (Å²) in [6.45, 7) is 0.874. The molecule has 0 fully saturated rings. The first-order chi connectivity index (χ1) is 14.8. The first-order valence-corrected chi connectivity index (χ1v) is 10.8. The van der Waals surface area contributed by atoms with Crippen LogP contribution in [0.3, 0.4) is 0 Å². The lowest BCUT2D eigenvalue weighted by Crippen LogP contribution is -2.00. The van der Waals surface area contributed by atoms with Gasteiger partial charge in [-0.3, -0.25) is 0 Å². The van der Waals surface area contributed by atoms with Crippen molar-refractivity contribution in [2.75, 3.05) is 0 Å². The molecule has 0 saturated carbocycles. The van der Waals surface area contributed by atoms with Crippen molar-refractivity contribution in [3.8, 4) is 5.69 Å². The number of allylic oxidation sites excluding steroid dienone is 4. The molecule has 5 aromatic rings. The van der Waals surface area contributed by atoms with E-state index in [4.69, 9.17) is 11.6 Å². The zero-order valence-electron chi connectivity index (χ0n) is 16.6. The highest BCUT2D eigenvalue weighted by molar-refractivity contribution is 6.41. The minimum atomic E-state index is 0.814. The van der Waals surface area contributed by atoms with E-state index in [9.17, 15) is 0 Å². The Morgan fingerprint density at radius 3 is 2.47 bits per heavy atom. The minimum absolute atomic E-state index is 0.814. The van der Waals surface area contributed by atoms with Gasteiger partial charge in [-0.05, 0) is 48.7 Å². The number of hydrogen-bond acceptors (Lipinski definition) is 0. The van der Waals surface area contributed by atoms with Gasteiger partial charge in [0.25, 0.3) is 0 Å². The van der Waals surface area contributed by atoms with E-state index >= 15 is 0 Å². The Balaban J connectivity index is 1.66. The molecule has 0 N–H and O–H groups in total. The zero-order chi connectivity index (χ0) is 20.1. The van der Waals surface area contributed by atoms with E-state index in [0.717, 1.165) is 41.0 Å². The fourth-order valence-corrected chi connectivity index (χ4v) is 5.03. The van der Waals surface area contributed by atoms with Gasteiger partial charge >= 0.3 is 0 Å². The van der Waals surface area contributed by atoms with Crippen LogP contribution in [0.4, 0.5) is 0 Å². The van der Waals surface area contributed by atoms with Crippen LogP contribution in [-0.2, 0) is 6.54 Å². The molecule has 0 amide bonds. The second-order valence-electron chi connectivity index (χ2n) is 7.91. The van der Waals surface area contributed by atoms with E-state index in [1.165, 1.54) is 27.4 Å². The maximum absolute atomic E-state index is 7.09. The van der Waals surface area contributed by atoms with Crippen LogP contribution in [0.2, 0.25) is 5.02 Å². The van der Waals surface area contributed by atoms with Crippen molar-refractivity contribution in [1.29, 1.82) is 0 Å². The van der Waals surface area contributed by atoms with Gasteiger partial charge in [0.05, 0.1) is 21.6 Å². The van der Waals surface area contributed by atoms with Gasteiger partial charge in [-0.1, -0.05) is 66.2 Å². The molecule has 1 aliphatic rings. The van der Waals surface area contributed by atoms with E-state index in [1.54, 1.807) is 0 Å². The highest BCUT2D eigenvalue weighted by Gasteiger charge is 2.18. The monoisotopic (exact) mass is 408 g/mol. The highest BCUT2D eigenvalue weighted by atomic mass is 35.5. The Bertz CT molecular complexity index is 1470. The average Bonchev–Trinajstić information content (AvgIpc) is 3.35. The lowest BCUT2D eigenvalue weighted by atomic mass is 10.1. The number of benzene rings is 3. The summed E-state index contributed by atoms with van der Waals surface area (Å²) < 4.78 is 4.60. The molecule has 1 aliphatic carbocycles. The van der Waals surface area contributed by atoms with Crippen molar-refractivity contribution in [2.24, 2.45) is 0 Å². The van der Waals surface area contributed by atoms with E-state index in [0.29, 0.717) is 0 Å². The summed E-state index contributed by atoms with van der Waals surface area (Å²) in [5, 5.41) is 4.34. The molecule has 3 aromatic carbocycles. The molecule has 6 rings (SSSR count). The van der Waals surface area contributed by atoms with Crippen molar-refractivity contribution >= 4 is 44.3 Å². The summed E-state index contributed by atoms with van der Waals surface area (Å²) in [5.74, 6) is 0. The first-order valence-electron chi connectivity index (χ1n) is 10.4. The van der Waals surface area contributed by atoms with E-state index in [-0.39, 0.29) is 0 Å². The average molecular weight is 409 g/mol. The molecular weight excluding hydrogens is 388 g/mol. The molecule has 0 aliphatic heterocycles. The normalized spacial score (nSPS) is 14.1. The fourth-order valence-electron chi connectivity index (χ4n) is 4.69. The second kappa shape index (κ2) is 6.93. The van der Waals surface area contributed by atoms with Gasteiger partial charge in [0.15, 0.2) is 0 Å². The van der Waals surface area contributed by atoms with Crippen LogP contribution in [0.25, 0.3) is 38.4 Å². The van der Waals surface area contributed by atoms with E-state index in [1.807, 2.05) is 6.07 Å². The lowest BCUT2D eigenvalue weighted by molar-refractivity contribution is 0.820. The smallest absolute Gasteiger partial charge is 0.0746 e. The van der Waals surface area contributed by atoms with Gasteiger partial charge in [-0.2, -0.15) is 0 Å².